The van der Waals surface area contributed by atoms with Crippen LogP contribution in [0.3, 0.4) is 0 Å². The molecule has 0 aliphatic rings. The highest BCUT2D eigenvalue weighted by Gasteiger charge is 2.13. The summed E-state index contributed by atoms with van der Waals surface area (Å²) in [5.74, 6) is -0.226. The van der Waals surface area contributed by atoms with Gasteiger partial charge < -0.3 is 9.84 Å². The van der Waals surface area contributed by atoms with Crippen molar-refractivity contribution in [3.8, 4) is 0 Å². The Morgan fingerprint density at radius 1 is 1.20 bits per heavy atom. The zero-order chi connectivity index (χ0) is 14.5. The molecule has 1 heterocycles. The van der Waals surface area contributed by atoms with Gasteiger partial charge in [0.2, 0.25) is 0 Å². The van der Waals surface area contributed by atoms with Gasteiger partial charge in [0, 0.05) is 11.1 Å². The average molecular weight is 312 g/mol. The van der Waals surface area contributed by atoms with Crippen LogP contribution in [0.15, 0.2) is 42.5 Å². The highest BCUT2D eigenvalue weighted by molar-refractivity contribution is 6.32. The molecule has 0 radical (unpaired) electrons. The number of pyridine rings is 1. The first-order valence-electron chi connectivity index (χ1n) is 5.77. The topological polar surface area (TPSA) is 59.4 Å². The van der Waals surface area contributed by atoms with Crippen LogP contribution < -0.4 is 0 Å². The lowest BCUT2D eigenvalue weighted by Crippen LogP contribution is -2.13. The van der Waals surface area contributed by atoms with E-state index in [4.69, 9.17) is 27.9 Å². The van der Waals surface area contributed by atoms with Crippen molar-refractivity contribution < 1.29 is 14.6 Å². The molecule has 0 aliphatic heterocycles. The van der Waals surface area contributed by atoms with Gasteiger partial charge in [-0.25, -0.2) is 4.98 Å². The molecule has 2 rings (SSSR count). The third-order valence-electron chi connectivity index (χ3n) is 2.54. The summed E-state index contributed by atoms with van der Waals surface area (Å²) in [6.07, 6.45) is -1.29. The van der Waals surface area contributed by atoms with Crippen LogP contribution in [0.1, 0.15) is 22.2 Å². The third kappa shape index (κ3) is 4.02. The number of ketones is 1. The van der Waals surface area contributed by atoms with Crippen molar-refractivity contribution in [2.75, 3.05) is 6.61 Å². The molecule has 1 N–H and O–H groups in total. The maximum absolute atomic E-state index is 11.8. The lowest BCUT2D eigenvalue weighted by atomic mass is 10.1. The second kappa shape index (κ2) is 6.81. The van der Waals surface area contributed by atoms with Crippen molar-refractivity contribution in [3.05, 3.63) is 63.9 Å². The summed E-state index contributed by atoms with van der Waals surface area (Å²) >= 11 is 11.4. The molecule has 0 spiro atoms. The van der Waals surface area contributed by atoms with Gasteiger partial charge in [-0.15, -0.1) is 0 Å². The number of ether oxygens (including phenoxy) is 1. The zero-order valence-electron chi connectivity index (χ0n) is 10.3. The van der Waals surface area contributed by atoms with Gasteiger partial charge in [-0.1, -0.05) is 53.5 Å². The largest absolute Gasteiger partial charge is 0.364 e. The van der Waals surface area contributed by atoms with Crippen LogP contribution in [-0.2, 0) is 4.74 Å². The molecule has 2 aromatic rings. The van der Waals surface area contributed by atoms with Gasteiger partial charge in [0.15, 0.2) is 12.1 Å². The predicted octanol–water partition coefficient (Wildman–Crippen LogP) is 3.28. The van der Waals surface area contributed by atoms with Crippen molar-refractivity contribution in [2.24, 2.45) is 0 Å². The minimum absolute atomic E-state index is 0.143. The number of carbonyl (C=O) groups is 1. The Morgan fingerprint density at radius 3 is 2.40 bits per heavy atom. The number of Topliss-reactive ketones (excluding diaryl/α,β-unsaturated/α-hetero) is 1. The molecular formula is C14H11Cl2NO3. The van der Waals surface area contributed by atoms with Crippen LogP contribution in [0.4, 0.5) is 0 Å². The maximum Gasteiger partial charge on any atom is 0.188 e. The zero-order valence-corrected chi connectivity index (χ0v) is 11.8. The maximum atomic E-state index is 11.8. The Hall–Kier alpha value is -1.46. The second-order valence-corrected chi connectivity index (χ2v) is 4.77. The van der Waals surface area contributed by atoms with Gasteiger partial charge in [-0.2, -0.15) is 0 Å². The van der Waals surface area contributed by atoms with E-state index in [0.29, 0.717) is 11.1 Å². The first-order chi connectivity index (χ1) is 9.56. The highest BCUT2D eigenvalue weighted by Crippen LogP contribution is 2.21. The van der Waals surface area contributed by atoms with Crippen LogP contribution in [0.2, 0.25) is 10.3 Å². The molecule has 0 bridgehead atoms. The van der Waals surface area contributed by atoms with Crippen molar-refractivity contribution in [1.29, 1.82) is 0 Å². The Balaban J connectivity index is 1.98. The smallest absolute Gasteiger partial charge is 0.188 e. The van der Waals surface area contributed by atoms with Crippen molar-refractivity contribution in [2.45, 2.75) is 6.29 Å². The number of rotatable bonds is 5. The summed E-state index contributed by atoms with van der Waals surface area (Å²) in [4.78, 5) is 15.6. The SMILES string of the molecule is O=C(COC(O)c1cc(Cl)nc(Cl)c1)c1ccccc1. The van der Waals surface area contributed by atoms with E-state index >= 15 is 0 Å². The molecule has 4 nitrogen and oxygen atoms in total. The predicted molar refractivity (Wildman–Crippen MR) is 75.9 cm³/mol. The summed E-state index contributed by atoms with van der Waals surface area (Å²) in [7, 11) is 0. The number of hydrogen-bond donors (Lipinski definition) is 1. The van der Waals surface area contributed by atoms with E-state index in [1.807, 2.05) is 6.07 Å². The summed E-state index contributed by atoms with van der Waals surface area (Å²) in [6, 6.07) is 11.5. The van der Waals surface area contributed by atoms with E-state index in [1.54, 1.807) is 24.3 Å². The third-order valence-corrected chi connectivity index (χ3v) is 2.93. The lowest BCUT2D eigenvalue weighted by Gasteiger charge is -2.12. The lowest BCUT2D eigenvalue weighted by molar-refractivity contribution is -0.0937. The van der Waals surface area contributed by atoms with Gasteiger partial charge in [0.25, 0.3) is 0 Å². The van der Waals surface area contributed by atoms with Crippen LogP contribution >= 0.6 is 23.2 Å². The van der Waals surface area contributed by atoms with Gasteiger partial charge in [-0.05, 0) is 12.1 Å². The van der Waals surface area contributed by atoms with E-state index in [2.05, 4.69) is 4.98 Å². The highest BCUT2D eigenvalue weighted by atomic mass is 35.5. The fourth-order valence-corrected chi connectivity index (χ4v) is 2.06. The van der Waals surface area contributed by atoms with Gasteiger partial charge >= 0.3 is 0 Å². The molecule has 6 heteroatoms. The molecule has 1 atom stereocenters. The minimum atomic E-state index is -1.29. The number of aliphatic hydroxyl groups is 1. The monoisotopic (exact) mass is 311 g/mol. The van der Waals surface area contributed by atoms with Gasteiger partial charge in [0.1, 0.15) is 16.9 Å². The first-order valence-corrected chi connectivity index (χ1v) is 6.53. The fourth-order valence-electron chi connectivity index (χ4n) is 1.58. The fraction of sp³-hybridized carbons (Fsp3) is 0.143. The number of benzene rings is 1. The molecule has 1 aromatic heterocycles. The van der Waals surface area contributed by atoms with Crippen LogP contribution in [0.5, 0.6) is 0 Å². The minimum Gasteiger partial charge on any atom is -0.364 e. The van der Waals surface area contributed by atoms with E-state index in [9.17, 15) is 9.90 Å². The number of aromatic nitrogens is 1. The molecule has 20 heavy (non-hydrogen) atoms. The Labute approximate surface area is 125 Å². The standard InChI is InChI=1S/C14H11Cl2NO3/c15-12-6-10(7-13(16)17-12)14(19)20-8-11(18)9-4-2-1-3-5-9/h1-7,14,19H,8H2. The Bertz CT molecular complexity index is 584. The van der Waals surface area contributed by atoms with Gasteiger partial charge in [0.05, 0.1) is 0 Å². The first kappa shape index (κ1) is 14.9. The number of hydrogen-bond acceptors (Lipinski definition) is 4. The molecule has 0 aliphatic carbocycles. The molecular weight excluding hydrogens is 301 g/mol. The van der Waals surface area contributed by atoms with Crippen LogP contribution in [0, 0.1) is 0 Å². The molecule has 0 fully saturated rings. The summed E-state index contributed by atoms with van der Waals surface area (Å²) < 4.78 is 5.12. The molecule has 1 unspecified atom stereocenters. The molecule has 104 valence electrons. The number of carbonyl (C=O) groups excluding carboxylic acids is 1. The van der Waals surface area contributed by atoms with E-state index < -0.39 is 6.29 Å². The van der Waals surface area contributed by atoms with E-state index in [1.165, 1.54) is 12.1 Å². The quantitative estimate of drug-likeness (QED) is 0.523. The van der Waals surface area contributed by atoms with Crippen LogP contribution in [0.25, 0.3) is 0 Å². The normalized spacial score (nSPS) is 12.2. The Kier molecular flexibility index (Phi) is 5.09. The molecule has 1 aromatic carbocycles. The number of halogens is 2. The van der Waals surface area contributed by atoms with E-state index in [-0.39, 0.29) is 22.7 Å². The molecule has 0 saturated heterocycles. The van der Waals surface area contributed by atoms with Crippen LogP contribution in [-0.4, -0.2) is 22.5 Å². The second-order valence-electron chi connectivity index (χ2n) is 4.00. The molecule has 0 amide bonds. The summed E-state index contributed by atoms with van der Waals surface area (Å²) in [5.41, 5.74) is 0.862. The average Bonchev–Trinajstić information content (AvgIpc) is 2.44. The summed E-state index contributed by atoms with van der Waals surface area (Å²) in [6.45, 7) is -0.247. The van der Waals surface area contributed by atoms with Gasteiger partial charge in [-0.3, -0.25) is 4.79 Å². The number of aliphatic hydroxyl groups excluding tert-OH is 1. The van der Waals surface area contributed by atoms with Crippen molar-refractivity contribution in [1.82, 2.24) is 4.98 Å². The van der Waals surface area contributed by atoms with E-state index in [0.717, 1.165) is 0 Å². The Morgan fingerprint density at radius 2 is 1.80 bits per heavy atom. The summed E-state index contributed by atoms with van der Waals surface area (Å²) in [5, 5.41) is 10.1. The molecule has 0 saturated carbocycles. The van der Waals surface area contributed by atoms with Crippen molar-refractivity contribution >= 4 is 29.0 Å². The number of nitrogens with zero attached hydrogens (tertiary/aromatic N) is 1. The van der Waals surface area contributed by atoms with Crippen molar-refractivity contribution in [3.63, 3.8) is 0 Å².